The van der Waals surface area contributed by atoms with Gasteiger partial charge in [0.15, 0.2) is 0 Å². The van der Waals surface area contributed by atoms with Crippen molar-refractivity contribution in [2.45, 2.75) is 6.92 Å². The lowest BCUT2D eigenvalue weighted by atomic mass is 10.5. The Balaban J connectivity index is 3.19. The van der Waals surface area contributed by atoms with Crippen molar-refractivity contribution in [3.63, 3.8) is 0 Å². The predicted octanol–water partition coefficient (Wildman–Crippen LogP) is 2.43. The van der Waals surface area contributed by atoms with E-state index in [0.29, 0.717) is 10.0 Å². The van der Waals surface area contributed by atoms with Gasteiger partial charge in [-0.3, -0.25) is 0 Å². The molecule has 8 heavy (non-hydrogen) atoms. The number of hydrogen-bond donors (Lipinski definition) is 1. The quantitative estimate of drug-likeness (QED) is 0.582. The van der Waals surface area contributed by atoms with E-state index in [2.05, 4.69) is 11.2 Å². The number of halogens is 2. The van der Waals surface area contributed by atoms with Gasteiger partial charge in [-0.25, -0.2) is 0 Å². The van der Waals surface area contributed by atoms with Gasteiger partial charge in [0.1, 0.15) is 0 Å². The van der Waals surface area contributed by atoms with Gasteiger partial charge in [0.25, 0.3) is 0 Å². The second-order valence-electron chi connectivity index (χ2n) is 1.50. The molecule has 0 aliphatic heterocycles. The van der Waals surface area contributed by atoms with Gasteiger partial charge < -0.3 is 4.98 Å². The summed E-state index contributed by atoms with van der Waals surface area (Å²) < 4.78 is 0. The number of aromatic nitrogens is 1. The van der Waals surface area contributed by atoms with Crippen molar-refractivity contribution in [3.8, 4) is 0 Å². The first kappa shape index (κ1) is 5.99. The van der Waals surface area contributed by atoms with Crippen molar-refractivity contribution in [1.29, 1.82) is 0 Å². The van der Waals surface area contributed by atoms with Crippen LogP contribution in [0.25, 0.3) is 0 Å². The molecule has 0 saturated heterocycles. The molecule has 0 aliphatic carbocycles. The van der Waals surface area contributed by atoms with Crippen molar-refractivity contribution in [1.82, 2.24) is 4.98 Å². The Morgan fingerprint density at radius 1 is 1.50 bits per heavy atom. The van der Waals surface area contributed by atoms with Crippen molar-refractivity contribution in [3.05, 3.63) is 21.9 Å². The van der Waals surface area contributed by atoms with E-state index in [1.165, 1.54) is 0 Å². The maximum Gasteiger partial charge on any atom is 0.0866 e. The van der Waals surface area contributed by atoms with Gasteiger partial charge in [-0.2, -0.15) is 0 Å². The van der Waals surface area contributed by atoms with Crippen molar-refractivity contribution in [2.75, 3.05) is 0 Å². The lowest BCUT2D eigenvalue weighted by molar-refractivity contribution is 1.26. The highest BCUT2D eigenvalue weighted by atomic mass is 35.5. The Bertz CT molecular complexity index is 173. The van der Waals surface area contributed by atoms with Crippen molar-refractivity contribution in [2.24, 2.45) is 0 Å². The standard InChI is InChI=1S/C5H4Cl2N/c1-3-5(7)4(6)2-8-3/h8H,1H3. The third-order valence-electron chi connectivity index (χ3n) is 0.882. The number of H-pyrrole nitrogens is 1. The minimum atomic E-state index is 0.462. The molecule has 0 atom stereocenters. The van der Waals surface area contributed by atoms with Crippen LogP contribution in [-0.4, -0.2) is 4.98 Å². The zero-order valence-electron chi connectivity index (χ0n) is 4.26. The third kappa shape index (κ3) is 0.837. The van der Waals surface area contributed by atoms with Gasteiger partial charge in [-0.15, -0.1) is 0 Å². The number of nitrogens with one attached hydrogen (secondary N) is 1. The van der Waals surface area contributed by atoms with E-state index < -0.39 is 0 Å². The molecule has 1 radical (unpaired) electrons. The number of hydrogen-bond acceptors (Lipinski definition) is 0. The monoisotopic (exact) mass is 148 g/mol. The van der Waals surface area contributed by atoms with Gasteiger partial charge >= 0.3 is 0 Å². The van der Waals surface area contributed by atoms with E-state index >= 15 is 0 Å². The molecular weight excluding hydrogens is 145 g/mol. The molecule has 0 aromatic carbocycles. The number of aromatic amines is 1. The molecular formula is C5H4Cl2N. The van der Waals surface area contributed by atoms with Crippen LogP contribution in [0.5, 0.6) is 0 Å². The largest absolute Gasteiger partial charge is 0.355 e. The van der Waals surface area contributed by atoms with Gasteiger partial charge in [0.05, 0.1) is 16.2 Å². The molecule has 0 aliphatic rings. The summed E-state index contributed by atoms with van der Waals surface area (Å²) in [5.74, 6) is 0. The smallest absolute Gasteiger partial charge is 0.0866 e. The minimum Gasteiger partial charge on any atom is -0.355 e. The molecule has 0 unspecified atom stereocenters. The fourth-order valence-electron chi connectivity index (χ4n) is 0.423. The molecule has 1 nitrogen and oxygen atoms in total. The van der Waals surface area contributed by atoms with Gasteiger partial charge in [-0.1, -0.05) is 23.2 Å². The second kappa shape index (κ2) is 2.00. The topological polar surface area (TPSA) is 15.8 Å². The van der Waals surface area contributed by atoms with Gasteiger partial charge in [-0.05, 0) is 6.92 Å². The zero-order valence-corrected chi connectivity index (χ0v) is 5.77. The molecule has 3 heteroatoms. The molecule has 43 valence electrons. The summed E-state index contributed by atoms with van der Waals surface area (Å²) in [6.07, 6.45) is 2.65. The van der Waals surface area contributed by atoms with Crippen LogP contribution in [0.3, 0.4) is 0 Å². The minimum absolute atomic E-state index is 0.462. The van der Waals surface area contributed by atoms with Crippen LogP contribution in [0.2, 0.25) is 10.0 Å². The molecule has 0 spiro atoms. The summed E-state index contributed by atoms with van der Waals surface area (Å²) in [4.78, 5) is 2.75. The molecule has 0 amide bonds. The van der Waals surface area contributed by atoms with E-state index in [9.17, 15) is 0 Å². The molecule has 0 fully saturated rings. The van der Waals surface area contributed by atoms with E-state index in [1.807, 2.05) is 6.92 Å². The van der Waals surface area contributed by atoms with E-state index in [4.69, 9.17) is 23.2 Å². The van der Waals surface area contributed by atoms with Crippen molar-refractivity contribution < 1.29 is 0 Å². The second-order valence-corrected chi connectivity index (χ2v) is 2.26. The Kier molecular flexibility index (Phi) is 1.49. The average molecular weight is 149 g/mol. The molecule has 1 N–H and O–H groups in total. The summed E-state index contributed by atoms with van der Waals surface area (Å²) in [6.45, 7) is 1.84. The van der Waals surface area contributed by atoms with Crippen LogP contribution in [-0.2, 0) is 0 Å². The SMILES string of the molecule is Cc1[nH][c]c(Cl)c1Cl. The summed E-state index contributed by atoms with van der Waals surface area (Å²) >= 11 is 11.1. The first-order valence-corrected chi connectivity index (χ1v) is 2.88. The van der Waals surface area contributed by atoms with Crippen LogP contribution in [0.1, 0.15) is 5.69 Å². The first-order chi connectivity index (χ1) is 3.72. The fraction of sp³-hybridized carbons (Fsp3) is 0.200. The van der Waals surface area contributed by atoms with E-state index in [-0.39, 0.29) is 0 Å². The van der Waals surface area contributed by atoms with Crippen LogP contribution in [0, 0.1) is 13.1 Å². The predicted molar refractivity (Wildman–Crippen MR) is 34.4 cm³/mol. The molecule has 1 rings (SSSR count). The Hall–Kier alpha value is -0.140. The van der Waals surface area contributed by atoms with Gasteiger partial charge in [0.2, 0.25) is 0 Å². The van der Waals surface area contributed by atoms with E-state index in [0.717, 1.165) is 5.69 Å². The molecule has 1 aromatic heterocycles. The number of rotatable bonds is 0. The molecule has 0 bridgehead atoms. The Morgan fingerprint density at radius 3 is 2.25 bits per heavy atom. The van der Waals surface area contributed by atoms with Crippen LogP contribution in [0.15, 0.2) is 0 Å². The fourth-order valence-corrected chi connectivity index (χ4v) is 0.706. The van der Waals surface area contributed by atoms with Crippen molar-refractivity contribution >= 4 is 23.2 Å². The van der Waals surface area contributed by atoms with Crippen LogP contribution in [0.4, 0.5) is 0 Å². The normalized spacial score (nSPS) is 9.88. The molecule has 1 aromatic rings. The lowest BCUT2D eigenvalue weighted by Gasteiger charge is -1.81. The highest BCUT2D eigenvalue weighted by Gasteiger charge is 2.00. The average Bonchev–Trinajstić information content (AvgIpc) is 1.98. The summed E-state index contributed by atoms with van der Waals surface area (Å²) in [5.41, 5.74) is 0.858. The highest BCUT2D eigenvalue weighted by Crippen LogP contribution is 2.23. The Morgan fingerprint density at radius 2 is 2.12 bits per heavy atom. The molecule has 1 heterocycles. The van der Waals surface area contributed by atoms with Crippen LogP contribution < -0.4 is 0 Å². The maximum atomic E-state index is 5.60. The highest BCUT2D eigenvalue weighted by molar-refractivity contribution is 6.42. The summed E-state index contributed by atoms with van der Waals surface area (Å²) in [6, 6.07) is 0. The van der Waals surface area contributed by atoms with E-state index in [1.54, 1.807) is 0 Å². The molecule has 0 saturated carbocycles. The maximum absolute atomic E-state index is 5.60. The summed E-state index contributed by atoms with van der Waals surface area (Å²) in [5, 5.41) is 1.02. The third-order valence-corrected chi connectivity index (χ3v) is 1.73. The van der Waals surface area contributed by atoms with Crippen LogP contribution >= 0.6 is 23.2 Å². The zero-order chi connectivity index (χ0) is 6.15. The Labute approximate surface area is 57.6 Å². The lowest BCUT2D eigenvalue weighted by Crippen LogP contribution is -1.64. The first-order valence-electron chi connectivity index (χ1n) is 2.13. The van der Waals surface area contributed by atoms with Gasteiger partial charge in [0, 0.05) is 5.69 Å². The summed E-state index contributed by atoms with van der Waals surface area (Å²) in [7, 11) is 0. The number of aryl methyl sites for hydroxylation is 1.